The largest absolute Gasteiger partial charge is 0.392 e. The first kappa shape index (κ1) is 24.7. The molecule has 3 heterocycles. The van der Waals surface area contributed by atoms with Gasteiger partial charge < -0.3 is 20.3 Å². The van der Waals surface area contributed by atoms with Crippen molar-refractivity contribution in [3.05, 3.63) is 63.1 Å². The second-order valence-electron chi connectivity index (χ2n) is 8.96. The van der Waals surface area contributed by atoms with Gasteiger partial charge in [-0.15, -0.1) is 0 Å². The lowest BCUT2D eigenvalue weighted by atomic mass is 10.1. The number of piperazine rings is 1. The van der Waals surface area contributed by atoms with Crippen molar-refractivity contribution in [3.63, 3.8) is 0 Å². The van der Waals surface area contributed by atoms with Gasteiger partial charge in [0.2, 0.25) is 0 Å². The number of nitrogens with one attached hydrogen (secondary N) is 2. The van der Waals surface area contributed by atoms with Crippen LogP contribution >= 0.6 is 0 Å². The Morgan fingerprint density at radius 1 is 1.23 bits per heavy atom. The zero-order chi connectivity index (χ0) is 25.1. The number of nitrogens with zero attached hydrogens (tertiary/aromatic N) is 4. The number of aliphatic hydroxyl groups excluding tert-OH is 1. The van der Waals surface area contributed by atoms with Crippen LogP contribution in [0.15, 0.2) is 29.1 Å². The Kier molecular flexibility index (Phi) is 7.42. The van der Waals surface area contributed by atoms with Gasteiger partial charge in [0, 0.05) is 39.3 Å². The summed E-state index contributed by atoms with van der Waals surface area (Å²) in [6.45, 7) is 9.14. The van der Waals surface area contributed by atoms with Crippen molar-refractivity contribution in [1.29, 1.82) is 0 Å². The Morgan fingerprint density at radius 3 is 2.63 bits per heavy atom. The van der Waals surface area contributed by atoms with Gasteiger partial charge in [-0.2, -0.15) is 0 Å². The minimum Gasteiger partial charge on any atom is -0.392 e. The fraction of sp³-hybridized carbons (Fsp3) is 0.440. The summed E-state index contributed by atoms with van der Waals surface area (Å²) in [4.78, 5) is 40.2. The highest BCUT2D eigenvalue weighted by Crippen LogP contribution is 2.22. The summed E-state index contributed by atoms with van der Waals surface area (Å²) in [5.74, 6) is -0.739. The lowest BCUT2D eigenvalue weighted by Crippen LogP contribution is -2.46. The minimum absolute atomic E-state index is 0.177. The van der Waals surface area contributed by atoms with E-state index in [4.69, 9.17) is 0 Å². The number of aromatic nitrogens is 3. The van der Waals surface area contributed by atoms with Crippen LogP contribution in [0.3, 0.4) is 0 Å². The zero-order valence-corrected chi connectivity index (χ0v) is 20.3. The summed E-state index contributed by atoms with van der Waals surface area (Å²) < 4.78 is 14.7. The van der Waals surface area contributed by atoms with E-state index in [1.54, 1.807) is 19.1 Å². The minimum atomic E-state index is -0.616. The van der Waals surface area contributed by atoms with Gasteiger partial charge >= 0.3 is 0 Å². The van der Waals surface area contributed by atoms with E-state index in [0.717, 1.165) is 43.1 Å². The molecule has 0 spiro atoms. The third kappa shape index (κ3) is 5.66. The standard InChI is InChI=1S/C25H31FN6O3/c1-4-19-25(35)30-21-12-17(11-18(26)23(21)29-19)14-31-7-9-32(10-8-31)22-6-5-20(28-16(22)3)24(34)27-13-15(2)33/h5-6,11-12,15,33H,4,7-10,13-14H2,1-3H3,(H,27,34)(H,30,35). The number of aryl methyl sites for hydroxylation is 2. The fourth-order valence-electron chi connectivity index (χ4n) is 4.33. The number of carbonyl (C=O) groups excluding carboxylic acids is 1. The predicted octanol–water partition coefficient (Wildman–Crippen LogP) is 1.76. The monoisotopic (exact) mass is 482 g/mol. The molecular formula is C25H31FN6O3. The third-order valence-corrected chi connectivity index (χ3v) is 6.18. The van der Waals surface area contributed by atoms with Crippen LogP contribution in [0.25, 0.3) is 11.0 Å². The van der Waals surface area contributed by atoms with Crippen LogP contribution in [0.2, 0.25) is 0 Å². The highest BCUT2D eigenvalue weighted by Gasteiger charge is 2.21. The zero-order valence-electron chi connectivity index (χ0n) is 20.3. The molecule has 3 N–H and O–H groups in total. The SMILES string of the molecule is CCc1nc2c(F)cc(CN3CCN(c4ccc(C(=O)NCC(C)O)nc4C)CC3)cc2[nH]c1=O. The molecular weight excluding hydrogens is 451 g/mol. The normalized spacial score (nSPS) is 15.4. The molecule has 186 valence electrons. The molecule has 1 amide bonds. The third-order valence-electron chi connectivity index (χ3n) is 6.18. The number of pyridine rings is 1. The number of aromatic amines is 1. The number of fused-ring (bicyclic) bond motifs is 1. The molecule has 2 aromatic heterocycles. The average molecular weight is 483 g/mol. The Hall–Kier alpha value is -3.37. The van der Waals surface area contributed by atoms with Gasteiger partial charge in [0.25, 0.3) is 11.5 Å². The number of H-pyrrole nitrogens is 1. The van der Waals surface area contributed by atoms with Crippen LogP contribution in [0.1, 0.15) is 41.3 Å². The van der Waals surface area contributed by atoms with Gasteiger partial charge in [0.05, 0.1) is 23.0 Å². The molecule has 0 bridgehead atoms. The van der Waals surface area contributed by atoms with E-state index in [1.165, 1.54) is 6.07 Å². The molecule has 1 aromatic carbocycles. The first-order valence-corrected chi connectivity index (χ1v) is 11.9. The molecule has 0 aliphatic carbocycles. The van der Waals surface area contributed by atoms with Crippen molar-refractivity contribution in [3.8, 4) is 0 Å². The first-order valence-electron chi connectivity index (χ1n) is 11.9. The Morgan fingerprint density at radius 2 is 1.97 bits per heavy atom. The average Bonchev–Trinajstić information content (AvgIpc) is 2.82. The molecule has 1 aliphatic heterocycles. The number of hydrogen-bond acceptors (Lipinski definition) is 7. The summed E-state index contributed by atoms with van der Waals surface area (Å²) in [7, 11) is 0. The maximum absolute atomic E-state index is 14.7. The number of carbonyl (C=O) groups is 1. The van der Waals surface area contributed by atoms with Crippen molar-refractivity contribution in [2.45, 2.75) is 39.8 Å². The Bertz CT molecular complexity index is 1280. The van der Waals surface area contributed by atoms with Crippen LogP contribution in [-0.4, -0.2) is 69.7 Å². The van der Waals surface area contributed by atoms with Gasteiger partial charge in [-0.25, -0.2) is 14.4 Å². The number of amides is 1. The quantitative estimate of drug-likeness (QED) is 0.470. The number of hydrogen-bond donors (Lipinski definition) is 3. The van der Waals surface area contributed by atoms with E-state index in [-0.39, 0.29) is 23.5 Å². The van der Waals surface area contributed by atoms with Crippen LogP contribution in [-0.2, 0) is 13.0 Å². The Labute approximate surface area is 203 Å². The number of benzene rings is 1. The van der Waals surface area contributed by atoms with Crippen LogP contribution in [0, 0.1) is 12.7 Å². The van der Waals surface area contributed by atoms with Crippen molar-refractivity contribution >= 4 is 22.6 Å². The van der Waals surface area contributed by atoms with Crippen LogP contribution in [0.5, 0.6) is 0 Å². The Balaban J connectivity index is 1.40. The maximum Gasteiger partial charge on any atom is 0.270 e. The molecule has 35 heavy (non-hydrogen) atoms. The van der Waals surface area contributed by atoms with Gasteiger partial charge in [-0.05, 0) is 50.1 Å². The van der Waals surface area contributed by atoms with Gasteiger partial charge in [0.1, 0.15) is 16.9 Å². The second kappa shape index (κ2) is 10.5. The van der Waals surface area contributed by atoms with Gasteiger partial charge in [0.15, 0.2) is 5.82 Å². The molecule has 9 nitrogen and oxygen atoms in total. The number of anilines is 1. The maximum atomic E-state index is 14.7. The van der Waals surface area contributed by atoms with Crippen LogP contribution in [0.4, 0.5) is 10.1 Å². The smallest absolute Gasteiger partial charge is 0.270 e. The summed E-state index contributed by atoms with van der Waals surface area (Å²) in [5, 5.41) is 12.0. The van der Waals surface area contributed by atoms with Crippen molar-refractivity contribution in [1.82, 2.24) is 25.2 Å². The van der Waals surface area contributed by atoms with Crippen molar-refractivity contribution in [2.24, 2.45) is 0 Å². The van der Waals surface area contributed by atoms with E-state index in [0.29, 0.717) is 29.9 Å². The van der Waals surface area contributed by atoms with Gasteiger partial charge in [-0.1, -0.05) is 6.92 Å². The molecule has 1 saturated heterocycles. The van der Waals surface area contributed by atoms with E-state index < -0.39 is 11.9 Å². The summed E-state index contributed by atoms with van der Waals surface area (Å²) in [6.07, 6.45) is -0.167. The molecule has 1 aliphatic rings. The molecule has 4 rings (SSSR count). The molecule has 0 saturated carbocycles. The molecule has 1 unspecified atom stereocenters. The number of halogens is 1. The summed E-state index contributed by atoms with van der Waals surface area (Å²) >= 11 is 0. The second-order valence-corrected chi connectivity index (χ2v) is 8.96. The predicted molar refractivity (Wildman–Crippen MR) is 132 cm³/mol. The van der Waals surface area contributed by atoms with Gasteiger partial charge in [-0.3, -0.25) is 14.5 Å². The first-order chi connectivity index (χ1) is 16.7. The van der Waals surface area contributed by atoms with E-state index >= 15 is 0 Å². The lowest BCUT2D eigenvalue weighted by molar-refractivity contribution is 0.0919. The van der Waals surface area contributed by atoms with E-state index in [1.807, 2.05) is 19.9 Å². The summed E-state index contributed by atoms with van der Waals surface area (Å²) in [6, 6.07) is 6.90. The van der Waals surface area contributed by atoms with Crippen molar-refractivity contribution < 1.29 is 14.3 Å². The molecule has 1 fully saturated rings. The molecule has 0 radical (unpaired) electrons. The molecule has 1 atom stereocenters. The highest BCUT2D eigenvalue weighted by atomic mass is 19.1. The molecule has 10 heteroatoms. The lowest BCUT2D eigenvalue weighted by Gasteiger charge is -2.36. The van der Waals surface area contributed by atoms with Crippen LogP contribution < -0.4 is 15.8 Å². The fourth-order valence-corrected chi connectivity index (χ4v) is 4.33. The topological polar surface area (TPSA) is 114 Å². The van der Waals surface area contributed by atoms with E-state index in [9.17, 15) is 19.1 Å². The highest BCUT2D eigenvalue weighted by molar-refractivity contribution is 5.92. The van der Waals surface area contributed by atoms with E-state index in [2.05, 4.69) is 30.1 Å². The van der Waals surface area contributed by atoms with Crippen molar-refractivity contribution in [2.75, 3.05) is 37.6 Å². The number of aliphatic hydroxyl groups is 1. The number of rotatable bonds is 7. The summed E-state index contributed by atoms with van der Waals surface area (Å²) in [5.41, 5.74) is 3.52. The molecule has 3 aromatic rings.